The van der Waals surface area contributed by atoms with Crippen molar-refractivity contribution in [3.8, 4) is 0 Å². The summed E-state index contributed by atoms with van der Waals surface area (Å²) in [5.74, 6) is -0.112. The van der Waals surface area contributed by atoms with Crippen LogP contribution in [0.4, 0.5) is 5.69 Å². The lowest BCUT2D eigenvalue weighted by Gasteiger charge is -2.17. The van der Waals surface area contributed by atoms with E-state index in [2.05, 4.69) is 10.3 Å². The summed E-state index contributed by atoms with van der Waals surface area (Å²) >= 11 is 0. The lowest BCUT2D eigenvalue weighted by molar-refractivity contribution is -0.123. The Morgan fingerprint density at radius 1 is 1.62 bits per heavy atom. The van der Waals surface area contributed by atoms with Crippen molar-refractivity contribution in [3.05, 3.63) is 24.5 Å². The Kier molecular flexibility index (Phi) is 2.25. The highest BCUT2D eigenvalue weighted by molar-refractivity contribution is 5.94. The molecule has 0 unspecified atom stereocenters. The molecule has 70 valence electrons. The summed E-state index contributed by atoms with van der Waals surface area (Å²) in [6.07, 6.45) is 3.00. The summed E-state index contributed by atoms with van der Waals surface area (Å²) in [6, 6.07) is 1.82. The predicted molar refractivity (Wildman–Crippen MR) is 52.3 cm³/mol. The van der Waals surface area contributed by atoms with Gasteiger partial charge < -0.3 is 5.32 Å². The van der Waals surface area contributed by atoms with Gasteiger partial charge in [-0.05, 0) is 12.1 Å². The SMILES string of the molecule is [2H]c1ccncc1NC(=O)C(C)(C)C. The maximum Gasteiger partial charge on any atom is 0.229 e. The van der Waals surface area contributed by atoms with E-state index < -0.39 is 5.41 Å². The first-order valence-electron chi connectivity index (χ1n) is 4.63. The second kappa shape index (κ2) is 3.56. The summed E-state index contributed by atoms with van der Waals surface area (Å²) < 4.78 is 7.51. The fourth-order valence-corrected chi connectivity index (χ4v) is 0.703. The number of hydrogen-bond acceptors (Lipinski definition) is 2. The van der Waals surface area contributed by atoms with Gasteiger partial charge in [0.15, 0.2) is 0 Å². The number of anilines is 1. The maximum atomic E-state index is 11.6. The van der Waals surface area contributed by atoms with E-state index in [1.165, 1.54) is 18.5 Å². The summed E-state index contributed by atoms with van der Waals surface area (Å²) in [4.78, 5) is 15.4. The number of nitrogens with one attached hydrogen (secondary N) is 1. The van der Waals surface area contributed by atoms with Gasteiger partial charge in [-0.25, -0.2) is 0 Å². The molecule has 0 bridgehead atoms. The molecule has 0 fully saturated rings. The average Bonchev–Trinajstić information content (AvgIpc) is 2.07. The van der Waals surface area contributed by atoms with Gasteiger partial charge in [-0.2, -0.15) is 0 Å². The highest BCUT2D eigenvalue weighted by atomic mass is 16.2. The van der Waals surface area contributed by atoms with Crippen molar-refractivity contribution in [2.24, 2.45) is 5.41 Å². The molecule has 1 aromatic rings. The van der Waals surface area contributed by atoms with E-state index in [4.69, 9.17) is 1.37 Å². The van der Waals surface area contributed by atoms with E-state index in [1.54, 1.807) is 0 Å². The summed E-state index contributed by atoms with van der Waals surface area (Å²) in [7, 11) is 0. The molecule has 1 amide bonds. The molecule has 0 atom stereocenters. The van der Waals surface area contributed by atoms with Crippen molar-refractivity contribution in [2.45, 2.75) is 20.8 Å². The molecule has 0 aliphatic carbocycles. The van der Waals surface area contributed by atoms with Crippen LogP contribution in [-0.4, -0.2) is 10.9 Å². The molecule has 0 saturated heterocycles. The van der Waals surface area contributed by atoms with Crippen molar-refractivity contribution in [2.75, 3.05) is 5.32 Å². The molecule has 1 rings (SSSR count). The van der Waals surface area contributed by atoms with Gasteiger partial charge in [-0.15, -0.1) is 0 Å². The molecule has 1 aromatic heterocycles. The van der Waals surface area contributed by atoms with E-state index in [9.17, 15) is 4.79 Å². The number of hydrogen-bond donors (Lipinski definition) is 1. The van der Waals surface area contributed by atoms with Crippen LogP contribution >= 0.6 is 0 Å². The lowest BCUT2D eigenvalue weighted by atomic mass is 9.96. The molecule has 0 saturated carbocycles. The Balaban J connectivity index is 2.80. The minimum Gasteiger partial charge on any atom is -0.324 e. The van der Waals surface area contributed by atoms with Gasteiger partial charge >= 0.3 is 0 Å². The van der Waals surface area contributed by atoms with Crippen LogP contribution in [0.1, 0.15) is 22.1 Å². The molecule has 0 radical (unpaired) electrons. The van der Waals surface area contributed by atoms with E-state index in [0.717, 1.165) is 0 Å². The number of aromatic nitrogens is 1. The van der Waals surface area contributed by atoms with E-state index >= 15 is 0 Å². The molecule has 1 N–H and O–H groups in total. The minimum atomic E-state index is -0.456. The average molecular weight is 179 g/mol. The van der Waals surface area contributed by atoms with Crippen LogP contribution in [0.15, 0.2) is 24.5 Å². The largest absolute Gasteiger partial charge is 0.324 e. The number of rotatable bonds is 1. The van der Waals surface area contributed by atoms with Gasteiger partial charge in [0.1, 0.15) is 0 Å². The molecule has 3 heteroatoms. The number of carbonyl (C=O) groups is 1. The molecular weight excluding hydrogens is 164 g/mol. The normalized spacial score (nSPS) is 12.1. The fraction of sp³-hybridized carbons (Fsp3) is 0.400. The van der Waals surface area contributed by atoms with Gasteiger partial charge in [0.2, 0.25) is 5.91 Å². The van der Waals surface area contributed by atoms with E-state index in [-0.39, 0.29) is 11.9 Å². The van der Waals surface area contributed by atoms with Crippen LogP contribution in [0.25, 0.3) is 0 Å². The highest BCUT2D eigenvalue weighted by Gasteiger charge is 2.20. The molecular formula is C10H14N2O. The van der Waals surface area contributed by atoms with Gasteiger partial charge in [0, 0.05) is 11.6 Å². The summed E-state index contributed by atoms with van der Waals surface area (Å²) in [6.45, 7) is 5.47. The van der Waals surface area contributed by atoms with Crippen LogP contribution in [0.2, 0.25) is 0 Å². The molecule has 0 aliphatic heterocycles. The monoisotopic (exact) mass is 179 g/mol. The zero-order chi connectivity index (χ0) is 10.8. The molecule has 0 aromatic carbocycles. The third-order valence-corrected chi connectivity index (χ3v) is 1.53. The van der Waals surface area contributed by atoms with Gasteiger partial charge in [-0.1, -0.05) is 20.8 Å². The molecule has 3 nitrogen and oxygen atoms in total. The van der Waals surface area contributed by atoms with Gasteiger partial charge in [-0.3, -0.25) is 9.78 Å². The predicted octanol–water partition coefficient (Wildman–Crippen LogP) is 2.07. The third-order valence-electron chi connectivity index (χ3n) is 1.53. The van der Waals surface area contributed by atoms with Crippen LogP contribution < -0.4 is 5.32 Å². The smallest absolute Gasteiger partial charge is 0.229 e. The first-order chi connectivity index (χ1) is 6.41. The molecule has 0 aliphatic rings. The Hall–Kier alpha value is -1.38. The maximum absolute atomic E-state index is 11.6. The van der Waals surface area contributed by atoms with Crippen molar-refractivity contribution < 1.29 is 6.17 Å². The lowest BCUT2D eigenvalue weighted by Crippen LogP contribution is -2.27. The Morgan fingerprint density at radius 2 is 2.31 bits per heavy atom. The quantitative estimate of drug-likeness (QED) is 0.717. The first kappa shape index (κ1) is 8.23. The van der Waals surface area contributed by atoms with Crippen molar-refractivity contribution in [1.82, 2.24) is 4.98 Å². The standard InChI is InChI=1S/C10H14N2O/c1-10(2,3)9(13)12-8-5-4-6-11-7-8/h4-7H,1-3H3,(H,12,13)/i5D. The fourth-order valence-electron chi connectivity index (χ4n) is 0.703. The number of amides is 1. The second-order valence-corrected chi connectivity index (χ2v) is 3.86. The van der Waals surface area contributed by atoms with Crippen LogP contribution in [0, 0.1) is 5.41 Å². The second-order valence-electron chi connectivity index (χ2n) is 3.86. The zero-order valence-electron chi connectivity index (χ0n) is 9.09. The molecule has 0 spiro atoms. The molecule has 1 heterocycles. The van der Waals surface area contributed by atoms with E-state index in [1.807, 2.05) is 20.8 Å². The Bertz CT molecular complexity index is 344. The summed E-state index contributed by atoms with van der Waals surface area (Å²) in [5, 5.41) is 2.66. The number of pyridine rings is 1. The first-order valence-corrected chi connectivity index (χ1v) is 4.13. The third kappa shape index (κ3) is 2.86. The van der Waals surface area contributed by atoms with Gasteiger partial charge in [0.25, 0.3) is 0 Å². The van der Waals surface area contributed by atoms with Crippen LogP contribution in [0.5, 0.6) is 0 Å². The van der Waals surface area contributed by atoms with Crippen molar-refractivity contribution in [3.63, 3.8) is 0 Å². The van der Waals surface area contributed by atoms with Gasteiger partial charge in [0.05, 0.1) is 13.3 Å². The number of nitrogens with zero attached hydrogens (tertiary/aromatic N) is 1. The Morgan fingerprint density at radius 3 is 2.85 bits per heavy atom. The molecule has 13 heavy (non-hydrogen) atoms. The minimum absolute atomic E-state index is 0.112. The van der Waals surface area contributed by atoms with E-state index in [0.29, 0.717) is 5.69 Å². The Labute approximate surface area is 79.6 Å². The van der Waals surface area contributed by atoms with Crippen molar-refractivity contribution >= 4 is 11.6 Å². The summed E-state index contributed by atoms with van der Waals surface area (Å²) in [5.41, 5.74) is -0.00475. The topological polar surface area (TPSA) is 42.0 Å². The van der Waals surface area contributed by atoms with Crippen LogP contribution in [0.3, 0.4) is 0 Å². The van der Waals surface area contributed by atoms with Crippen LogP contribution in [-0.2, 0) is 4.79 Å². The van der Waals surface area contributed by atoms with Crippen molar-refractivity contribution in [1.29, 1.82) is 0 Å². The number of carbonyl (C=O) groups excluding carboxylic acids is 1. The highest BCUT2D eigenvalue weighted by Crippen LogP contribution is 2.16. The zero-order valence-corrected chi connectivity index (χ0v) is 8.09.